The molecule has 208 valence electrons. The Kier molecular flexibility index (Phi) is 7.77. The van der Waals surface area contributed by atoms with Crippen molar-refractivity contribution in [1.82, 2.24) is 30.0 Å². The number of carboxylic acid groups (broad SMARTS) is 1. The maximum Gasteiger partial charge on any atom is 0.352 e. The molecule has 5 rings (SSSR count). The number of carbonyl (C=O) groups excluding carboxylic acids is 2. The maximum absolute atomic E-state index is 13.3. The second kappa shape index (κ2) is 11.3. The van der Waals surface area contributed by atoms with Gasteiger partial charge in [0.25, 0.3) is 11.8 Å². The molecule has 0 radical (unpaired) electrons. The number of aliphatic carboxylic acids is 1. The highest BCUT2D eigenvalue weighted by molar-refractivity contribution is 8.01. The summed E-state index contributed by atoms with van der Waals surface area (Å²) in [6.45, 7) is 0. The lowest BCUT2D eigenvalue weighted by Gasteiger charge is -2.49. The van der Waals surface area contributed by atoms with Crippen molar-refractivity contribution in [2.45, 2.75) is 16.6 Å². The van der Waals surface area contributed by atoms with Crippen LogP contribution in [-0.2, 0) is 26.3 Å². The predicted molar refractivity (Wildman–Crippen MR) is 147 cm³/mol. The van der Waals surface area contributed by atoms with Crippen LogP contribution < -0.4 is 11.1 Å². The number of amides is 2. The van der Waals surface area contributed by atoms with Gasteiger partial charge in [-0.1, -0.05) is 16.9 Å². The van der Waals surface area contributed by atoms with Crippen LogP contribution in [0.15, 0.2) is 51.2 Å². The van der Waals surface area contributed by atoms with Crippen molar-refractivity contribution in [3.8, 4) is 11.4 Å². The van der Waals surface area contributed by atoms with E-state index in [0.717, 1.165) is 11.3 Å². The van der Waals surface area contributed by atoms with Crippen molar-refractivity contribution in [2.75, 3.05) is 24.3 Å². The number of fused-ring (bicyclic) bond motifs is 1. The van der Waals surface area contributed by atoms with Gasteiger partial charge in [-0.3, -0.25) is 14.5 Å². The third kappa shape index (κ3) is 5.26. The van der Waals surface area contributed by atoms with Gasteiger partial charge >= 0.3 is 5.97 Å². The molecule has 17 heteroatoms. The Bertz CT molecular complexity index is 1550. The standard InChI is InChI=1S/C23H21FN8O5S3/c1-31-23(28-17(29-31)10-3-5-12(24)6-4-10)40-8-11-7-38-20-15(19(34)32(20)16(11)21(35)36)27-18(33)14(30-37-2)13-9-39-22(25)26-13/h3-6,9,15,20H,7-8H2,1-2H3,(H2,25,26)(H,27,33)(H,35,36)/b30-14-/t15-,20-/m1/s1. The minimum absolute atomic E-state index is 0.120. The number of β-lactam (4-membered cyclic amide) rings is 1. The van der Waals surface area contributed by atoms with E-state index in [1.54, 1.807) is 23.9 Å². The van der Waals surface area contributed by atoms with E-state index in [2.05, 4.69) is 25.5 Å². The van der Waals surface area contributed by atoms with Crippen LogP contribution in [0, 0.1) is 5.82 Å². The van der Waals surface area contributed by atoms with Gasteiger partial charge in [-0.05, 0) is 29.8 Å². The number of hydrogen-bond acceptors (Lipinski definition) is 12. The fraction of sp³-hybridized carbons (Fsp3) is 0.261. The molecule has 2 amide bonds. The Balaban J connectivity index is 1.30. The van der Waals surface area contributed by atoms with E-state index in [4.69, 9.17) is 10.6 Å². The van der Waals surface area contributed by atoms with Crippen molar-refractivity contribution in [3.05, 3.63) is 52.4 Å². The van der Waals surface area contributed by atoms with Gasteiger partial charge in [-0.25, -0.2) is 23.8 Å². The Morgan fingerprint density at radius 1 is 1.32 bits per heavy atom. The molecule has 40 heavy (non-hydrogen) atoms. The van der Waals surface area contributed by atoms with E-state index >= 15 is 0 Å². The highest BCUT2D eigenvalue weighted by Gasteiger charge is 2.54. The van der Waals surface area contributed by atoms with Gasteiger partial charge in [0.2, 0.25) is 0 Å². The number of hydrogen-bond donors (Lipinski definition) is 3. The Labute approximate surface area is 238 Å². The first kappa shape index (κ1) is 27.6. The van der Waals surface area contributed by atoms with Crippen LogP contribution in [-0.4, -0.2) is 83.3 Å². The van der Waals surface area contributed by atoms with Crippen LogP contribution in [0.2, 0.25) is 0 Å². The first-order valence-corrected chi connectivity index (χ1v) is 14.4. The van der Waals surface area contributed by atoms with Crippen molar-refractivity contribution in [1.29, 1.82) is 0 Å². The fourth-order valence-corrected chi connectivity index (χ4v) is 7.01. The van der Waals surface area contributed by atoms with Crippen molar-refractivity contribution < 1.29 is 28.7 Å². The van der Waals surface area contributed by atoms with E-state index in [0.29, 0.717) is 27.9 Å². The van der Waals surface area contributed by atoms with Gasteiger partial charge in [0.15, 0.2) is 21.8 Å². The monoisotopic (exact) mass is 604 g/mol. The zero-order chi connectivity index (χ0) is 28.6. The summed E-state index contributed by atoms with van der Waals surface area (Å²) in [5, 5.41) is 22.3. The number of oxime groups is 1. The first-order valence-electron chi connectivity index (χ1n) is 11.5. The average molecular weight is 605 g/mol. The summed E-state index contributed by atoms with van der Waals surface area (Å²) in [4.78, 5) is 52.7. The minimum atomic E-state index is -1.25. The number of benzene rings is 1. The predicted octanol–water partition coefficient (Wildman–Crippen LogP) is 1.54. The summed E-state index contributed by atoms with van der Waals surface area (Å²) in [6.07, 6.45) is 0. The highest BCUT2D eigenvalue weighted by Crippen LogP contribution is 2.41. The number of anilines is 1. The summed E-state index contributed by atoms with van der Waals surface area (Å²) in [5.41, 5.74) is 6.74. The molecule has 1 aromatic carbocycles. The molecule has 0 saturated carbocycles. The molecule has 2 atom stereocenters. The number of nitrogens with two attached hydrogens (primary N) is 1. The number of rotatable bonds is 9. The number of nitrogens with zero attached hydrogens (tertiary/aromatic N) is 6. The van der Waals surface area contributed by atoms with Gasteiger partial charge in [0.05, 0.1) is 0 Å². The van der Waals surface area contributed by atoms with Crippen LogP contribution in [0.25, 0.3) is 11.4 Å². The van der Waals surface area contributed by atoms with Crippen molar-refractivity contribution in [2.24, 2.45) is 12.2 Å². The molecule has 4 N–H and O–H groups in total. The molecule has 3 aromatic rings. The highest BCUT2D eigenvalue weighted by atomic mass is 32.2. The van der Waals surface area contributed by atoms with E-state index in [9.17, 15) is 23.9 Å². The zero-order valence-electron chi connectivity index (χ0n) is 20.9. The molecular weight excluding hydrogens is 584 g/mol. The van der Waals surface area contributed by atoms with E-state index in [1.807, 2.05) is 0 Å². The van der Waals surface area contributed by atoms with Crippen molar-refractivity contribution >= 4 is 63.5 Å². The summed E-state index contributed by atoms with van der Waals surface area (Å²) in [5.74, 6) is -1.91. The van der Waals surface area contributed by atoms with E-state index in [1.165, 1.54) is 53.0 Å². The summed E-state index contributed by atoms with van der Waals surface area (Å²) < 4.78 is 14.8. The summed E-state index contributed by atoms with van der Waals surface area (Å²) >= 11 is 3.72. The number of aryl methyl sites for hydroxylation is 1. The largest absolute Gasteiger partial charge is 0.477 e. The van der Waals surface area contributed by atoms with Crippen LogP contribution in [0.5, 0.6) is 0 Å². The van der Waals surface area contributed by atoms with E-state index in [-0.39, 0.29) is 33.8 Å². The quantitative estimate of drug-likeness (QED) is 0.140. The molecule has 13 nitrogen and oxygen atoms in total. The normalized spacial score (nSPS) is 18.8. The number of halogens is 1. The third-order valence-corrected chi connectivity index (χ3v) is 9.02. The molecule has 4 heterocycles. The van der Waals surface area contributed by atoms with Crippen LogP contribution in [0.3, 0.4) is 0 Å². The van der Waals surface area contributed by atoms with Crippen LogP contribution in [0.4, 0.5) is 9.52 Å². The smallest absolute Gasteiger partial charge is 0.352 e. The lowest BCUT2D eigenvalue weighted by molar-refractivity contribution is -0.150. The molecule has 0 aliphatic carbocycles. The zero-order valence-corrected chi connectivity index (χ0v) is 23.3. The van der Waals surface area contributed by atoms with Gasteiger partial charge in [0, 0.05) is 29.5 Å². The average Bonchev–Trinajstić information content (AvgIpc) is 3.53. The molecule has 2 aliphatic rings. The molecule has 0 unspecified atom stereocenters. The molecule has 1 fully saturated rings. The molecule has 0 bridgehead atoms. The molecule has 1 saturated heterocycles. The Morgan fingerprint density at radius 2 is 2.08 bits per heavy atom. The van der Waals surface area contributed by atoms with Gasteiger partial charge in [-0.2, -0.15) is 5.10 Å². The number of aromatic nitrogens is 4. The van der Waals surface area contributed by atoms with Gasteiger partial charge in [0.1, 0.15) is 35.7 Å². The third-order valence-electron chi connectivity index (χ3n) is 5.90. The lowest BCUT2D eigenvalue weighted by Crippen LogP contribution is -2.71. The summed E-state index contributed by atoms with van der Waals surface area (Å²) in [7, 11) is 2.97. The van der Waals surface area contributed by atoms with E-state index < -0.39 is 29.2 Å². The molecule has 0 spiro atoms. The Morgan fingerprint density at radius 3 is 2.73 bits per heavy atom. The Hall–Kier alpha value is -3.96. The number of thioether (sulfide) groups is 2. The number of nitrogen functional groups attached to an aromatic ring is 1. The summed E-state index contributed by atoms with van der Waals surface area (Å²) in [6, 6.07) is 4.82. The number of carbonyl (C=O) groups is 3. The number of thiazole rings is 1. The second-order valence-corrected chi connectivity index (χ2v) is 11.4. The van der Waals surface area contributed by atoms with Crippen molar-refractivity contribution in [3.63, 3.8) is 0 Å². The second-order valence-electron chi connectivity index (χ2n) is 8.45. The molecule has 2 aliphatic heterocycles. The molecule has 2 aromatic heterocycles. The molecular formula is C23H21FN8O5S3. The van der Waals surface area contributed by atoms with Gasteiger partial charge < -0.3 is 21.0 Å². The maximum atomic E-state index is 13.3. The number of nitrogens with one attached hydrogen (secondary N) is 1. The lowest BCUT2D eigenvalue weighted by atomic mass is 10.0. The fourth-order valence-electron chi connectivity index (χ4n) is 4.06. The van der Waals surface area contributed by atoms with Gasteiger partial charge in [-0.15, -0.1) is 23.1 Å². The first-order chi connectivity index (χ1) is 19.2. The SMILES string of the molecule is CO/N=C(\C(=O)N[C@@H]1C(=O)N2C(C(=O)O)=C(CSc3nc(-c4ccc(F)cc4)nn3C)CS[C@H]12)c1csc(N)n1. The van der Waals surface area contributed by atoms with Crippen LogP contribution in [0.1, 0.15) is 5.69 Å². The topological polar surface area (TPSA) is 178 Å². The van der Waals surface area contributed by atoms with Crippen LogP contribution >= 0.6 is 34.9 Å². The minimum Gasteiger partial charge on any atom is -0.477 e. The number of carboxylic acids is 1.